The highest BCUT2D eigenvalue weighted by molar-refractivity contribution is 9.13. The second-order valence-corrected chi connectivity index (χ2v) is 12.6. The molecule has 16 heteroatoms. The van der Waals surface area contributed by atoms with Gasteiger partial charge in [0.05, 0.1) is 30.0 Å². The van der Waals surface area contributed by atoms with Gasteiger partial charge in [0.15, 0.2) is 11.9 Å². The third-order valence-corrected chi connectivity index (χ3v) is 10.8. The minimum Gasteiger partial charge on any atom is -0.369 e. The average molecular weight is 792 g/mol. The van der Waals surface area contributed by atoms with Crippen LogP contribution in [0.2, 0.25) is 0 Å². The highest BCUT2D eigenvalue weighted by atomic mass is 79.9. The quantitative estimate of drug-likeness (QED) is 0.149. The molecular weight excluding hydrogens is 768 g/mol. The van der Waals surface area contributed by atoms with Crippen molar-refractivity contribution in [2.24, 2.45) is 18.9 Å². The van der Waals surface area contributed by atoms with Crippen molar-refractivity contribution in [1.82, 2.24) is 40.1 Å². The molecule has 3 atom stereocenters. The summed E-state index contributed by atoms with van der Waals surface area (Å²) >= 11 is 13.7. The van der Waals surface area contributed by atoms with Crippen LogP contribution in [0.4, 0.5) is 11.9 Å². The van der Waals surface area contributed by atoms with Gasteiger partial charge >= 0.3 is 0 Å². The number of nitrogens with two attached hydrogens (primary N) is 2. The van der Waals surface area contributed by atoms with Gasteiger partial charge in [0.25, 0.3) is 11.8 Å². The molecule has 0 unspecified atom stereocenters. The van der Waals surface area contributed by atoms with E-state index in [1.165, 1.54) is 0 Å². The minimum absolute atomic E-state index is 0.0922. The maximum absolute atomic E-state index is 13.1. The van der Waals surface area contributed by atoms with Gasteiger partial charge in [-0.05, 0) is 94.1 Å². The van der Waals surface area contributed by atoms with E-state index in [0.29, 0.717) is 41.4 Å². The molecule has 0 radical (unpaired) electrons. The molecule has 206 valence electrons. The van der Waals surface area contributed by atoms with Crippen LogP contribution in [0.15, 0.2) is 36.5 Å². The number of imidazole rings is 2. The van der Waals surface area contributed by atoms with E-state index < -0.39 is 0 Å². The fourth-order valence-corrected chi connectivity index (χ4v) is 6.49. The van der Waals surface area contributed by atoms with Crippen LogP contribution in [0.3, 0.4) is 0 Å². The summed E-state index contributed by atoms with van der Waals surface area (Å²) < 4.78 is 4.72. The Balaban J connectivity index is 1.44. The van der Waals surface area contributed by atoms with Crippen molar-refractivity contribution in [3.05, 3.63) is 65.0 Å². The molecule has 0 bridgehead atoms. The van der Waals surface area contributed by atoms with Crippen LogP contribution in [-0.2, 0) is 13.5 Å². The number of nitrogens with one attached hydrogen (secondary N) is 5. The van der Waals surface area contributed by atoms with E-state index in [2.05, 4.69) is 99.3 Å². The number of halogens is 4. The fraction of sp³-hybridized carbons (Fsp3) is 0.304. The lowest BCUT2D eigenvalue weighted by Gasteiger charge is -2.37. The van der Waals surface area contributed by atoms with Crippen LogP contribution in [-0.4, -0.2) is 54.4 Å². The summed E-state index contributed by atoms with van der Waals surface area (Å²) in [7, 11) is 1.80. The molecule has 1 aliphatic rings. The number of fused-ring (bicyclic) bond motifs is 1. The third-order valence-electron chi connectivity index (χ3n) is 6.92. The number of aromatic nitrogens is 6. The zero-order valence-electron chi connectivity index (χ0n) is 20.4. The van der Waals surface area contributed by atoms with Gasteiger partial charge in [-0.15, -0.1) is 0 Å². The van der Waals surface area contributed by atoms with E-state index in [1.54, 1.807) is 29.9 Å². The molecule has 0 aromatic carbocycles. The van der Waals surface area contributed by atoms with Crippen molar-refractivity contribution >= 4 is 87.4 Å². The first-order valence-corrected chi connectivity index (χ1v) is 15.0. The van der Waals surface area contributed by atoms with Crippen molar-refractivity contribution in [2.75, 3.05) is 24.6 Å². The Morgan fingerprint density at radius 3 is 2.38 bits per heavy atom. The Kier molecular flexibility index (Phi) is 7.99. The third kappa shape index (κ3) is 5.56. The molecule has 12 nitrogen and oxygen atoms in total. The van der Waals surface area contributed by atoms with Gasteiger partial charge in [-0.2, -0.15) is 0 Å². The van der Waals surface area contributed by atoms with Crippen molar-refractivity contribution in [1.29, 1.82) is 0 Å². The van der Waals surface area contributed by atoms with Crippen LogP contribution >= 0.6 is 63.7 Å². The molecule has 0 saturated heterocycles. The second-order valence-electron chi connectivity index (χ2n) is 9.31. The zero-order chi connectivity index (χ0) is 28.0. The predicted octanol–water partition coefficient (Wildman–Crippen LogP) is 3.79. The summed E-state index contributed by atoms with van der Waals surface area (Å²) in [6, 6.07) is 3.46. The second kappa shape index (κ2) is 11.1. The number of aromatic amines is 3. The Labute approximate surface area is 256 Å². The van der Waals surface area contributed by atoms with Gasteiger partial charge in [0.1, 0.15) is 11.4 Å². The summed E-state index contributed by atoms with van der Waals surface area (Å²) in [6.07, 6.45) is 2.24. The fourth-order valence-electron chi connectivity index (χ4n) is 5.05. The van der Waals surface area contributed by atoms with Gasteiger partial charge in [-0.1, -0.05) is 0 Å². The summed E-state index contributed by atoms with van der Waals surface area (Å²) in [5, 5.41) is 6.12. The summed E-state index contributed by atoms with van der Waals surface area (Å²) in [5.74, 6) is -0.500. The van der Waals surface area contributed by atoms with E-state index in [1.807, 2.05) is 0 Å². The summed E-state index contributed by atoms with van der Waals surface area (Å²) in [5.41, 5.74) is 15.3. The smallest absolute Gasteiger partial charge is 0.267 e. The first-order valence-electron chi connectivity index (χ1n) is 11.8. The van der Waals surface area contributed by atoms with Crippen molar-refractivity contribution < 1.29 is 9.59 Å². The molecule has 39 heavy (non-hydrogen) atoms. The Bertz CT molecular complexity index is 1530. The van der Waals surface area contributed by atoms with Crippen molar-refractivity contribution in [3.63, 3.8) is 0 Å². The number of carbonyl (C=O) groups excluding carboxylic acids is 2. The maximum Gasteiger partial charge on any atom is 0.267 e. The molecule has 4 aromatic rings. The molecule has 1 aliphatic carbocycles. The van der Waals surface area contributed by atoms with Gasteiger partial charge in [0, 0.05) is 37.4 Å². The van der Waals surface area contributed by atoms with E-state index in [-0.39, 0.29) is 35.5 Å². The number of carbonyl (C=O) groups is 2. The molecule has 2 amide bonds. The van der Waals surface area contributed by atoms with Crippen LogP contribution in [0.1, 0.15) is 44.0 Å². The molecule has 5 rings (SSSR count). The lowest BCUT2D eigenvalue weighted by molar-refractivity contribution is 0.0904. The van der Waals surface area contributed by atoms with Crippen molar-refractivity contribution in [3.8, 4) is 0 Å². The van der Waals surface area contributed by atoms with E-state index in [4.69, 9.17) is 11.5 Å². The number of rotatable bonds is 7. The topological polar surface area (TPSA) is 188 Å². The molecular formula is C23H24Br4N10O2. The molecule has 0 aliphatic heterocycles. The highest BCUT2D eigenvalue weighted by Crippen LogP contribution is 2.42. The number of H-pyrrole nitrogens is 3. The molecule has 4 heterocycles. The number of nitrogen functional groups attached to an aromatic ring is 2. The SMILES string of the molecule is Cn1c(C(=O)NC[C@@H]2Cc3[nH]c(N)nc3[C@H](c3cnc(N)[nH]3)[C@H]2CNC(=O)c2cc(Br)c(Br)[nH]2)cc(Br)c1Br. The molecule has 0 fully saturated rings. The van der Waals surface area contributed by atoms with Crippen LogP contribution < -0.4 is 22.1 Å². The lowest BCUT2D eigenvalue weighted by atomic mass is 9.71. The predicted molar refractivity (Wildman–Crippen MR) is 160 cm³/mol. The molecule has 9 N–H and O–H groups in total. The Morgan fingerprint density at radius 1 is 1.03 bits per heavy atom. The molecule has 4 aromatic heterocycles. The van der Waals surface area contributed by atoms with Crippen LogP contribution in [0, 0.1) is 11.8 Å². The lowest BCUT2D eigenvalue weighted by Crippen LogP contribution is -2.44. The van der Waals surface area contributed by atoms with Crippen LogP contribution in [0.25, 0.3) is 0 Å². The largest absolute Gasteiger partial charge is 0.369 e. The van der Waals surface area contributed by atoms with Gasteiger partial charge in [-0.25, -0.2) is 9.97 Å². The standard InChI is InChI=1S/C23H24Br4N10O2/c1-37-15(4-11(25)19(37)27)21(39)30-5-8-2-12-17(36-23(29)34-12)16(14-7-32-22(28)35-14)9(8)6-31-20(38)13-3-10(24)18(26)33-13/h3-4,7-9,16,33H,2,5-6H2,1H3,(H,30,39)(H,31,38)(H3,28,32,35)(H3,29,34,36)/t8-,9-,16-/m0/s1. The summed E-state index contributed by atoms with van der Waals surface area (Å²) in [6.45, 7) is 0.641. The van der Waals surface area contributed by atoms with Gasteiger partial charge in [0.2, 0.25) is 0 Å². The Morgan fingerprint density at radius 2 is 1.77 bits per heavy atom. The first-order chi connectivity index (χ1) is 18.5. The number of nitrogens with zero attached hydrogens (tertiary/aromatic N) is 3. The normalized spacial score (nSPS) is 18.6. The number of anilines is 2. The van der Waals surface area contributed by atoms with Crippen molar-refractivity contribution in [2.45, 2.75) is 12.3 Å². The Hall–Kier alpha value is -2.56. The average Bonchev–Trinajstić information content (AvgIpc) is 3.64. The first kappa shape index (κ1) is 28.0. The minimum atomic E-state index is -0.310. The van der Waals surface area contributed by atoms with Gasteiger partial charge < -0.3 is 41.6 Å². The number of hydrogen-bond acceptors (Lipinski definition) is 6. The van der Waals surface area contributed by atoms with E-state index in [9.17, 15) is 9.59 Å². The molecule has 0 spiro atoms. The summed E-state index contributed by atoms with van der Waals surface area (Å²) in [4.78, 5) is 44.2. The van der Waals surface area contributed by atoms with E-state index in [0.717, 1.165) is 30.6 Å². The number of amides is 2. The zero-order valence-corrected chi connectivity index (χ0v) is 26.8. The van der Waals surface area contributed by atoms with Crippen LogP contribution in [0.5, 0.6) is 0 Å². The van der Waals surface area contributed by atoms with E-state index >= 15 is 0 Å². The maximum atomic E-state index is 13.1. The highest BCUT2D eigenvalue weighted by Gasteiger charge is 2.41. The van der Waals surface area contributed by atoms with Gasteiger partial charge in [-0.3, -0.25) is 9.59 Å². The molecule has 0 saturated carbocycles. The number of hydrogen-bond donors (Lipinski definition) is 7. The monoisotopic (exact) mass is 788 g/mol.